The second kappa shape index (κ2) is 5.01. The molecule has 8 heteroatoms. The van der Waals surface area contributed by atoms with Crippen molar-refractivity contribution >= 4 is 17.2 Å². The lowest BCUT2D eigenvalue weighted by Crippen LogP contribution is -2.56. The molecule has 2 aliphatic rings. The van der Waals surface area contributed by atoms with Gasteiger partial charge in [-0.25, -0.2) is 19.5 Å². The normalized spacial score (nSPS) is 18.9. The predicted molar refractivity (Wildman–Crippen MR) is 94.9 cm³/mol. The van der Waals surface area contributed by atoms with E-state index in [4.69, 9.17) is 4.74 Å². The van der Waals surface area contributed by atoms with Gasteiger partial charge in [0.15, 0.2) is 0 Å². The Morgan fingerprint density at radius 3 is 2.88 bits per heavy atom. The third-order valence-electron chi connectivity index (χ3n) is 5.48. The van der Waals surface area contributed by atoms with Crippen LogP contribution in [0.2, 0.25) is 0 Å². The van der Waals surface area contributed by atoms with Gasteiger partial charge >= 0.3 is 0 Å². The first-order valence-electron chi connectivity index (χ1n) is 8.76. The molecule has 0 aromatic carbocycles. The van der Waals surface area contributed by atoms with E-state index in [1.54, 1.807) is 6.20 Å². The quantitative estimate of drug-likeness (QED) is 0.611. The van der Waals surface area contributed by atoms with Crippen molar-refractivity contribution in [2.45, 2.75) is 18.9 Å². The van der Waals surface area contributed by atoms with Gasteiger partial charge in [-0.2, -0.15) is 0 Å². The van der Waals surface area contributed by atoms with Crippen LogP contribution in [0.15, 0.2) is 43.2 Å². The highest BCUT2D eigenvalue weighted by Crippen LogP contribution is 2.47. The second-order valence-electron chi connectivity index (χ2n) is 7.36. The Morgan fingerprint density at radius 2 is 2.04 bits per heavy atom. The van der Waals surface area contributed by atoms with Crippen LogP contribution < -0.4 is 5.32 Å². The monoisotopic (exact) mass is 347 g/mol. The van der Waals surface area contributed by atoms with Crippen molar-refractivity contribution in [3.63, 3.8) is 0 Å². The minimum atomic E-state index is 0.432. The number of imidazole rings is 1. The molecule has 1 aliphatic heterocycles. The number of nitrogens with zero attached hydrogens (tertiary/aromatic N) is 6. The lowest BCUT2D eigenvalue weighted by molar-refractivity contribution is -0.160. The van der Waals surface area contributed by atoms with E-state index in [9.17, 15) is 0 Å². The van der Waals surface area contributed by atoms with E-state index in [1.165, 1.54) is 0 Å². The van der Waals surface area contributed by atoms with Crippen molar-refractivity contribution in [3.8, 4) is 11.1 Å². The summed E-state index contributed by atoms with van der Waals surface area (Å²) in [5.41, 5.74) is 3.44. The van der Waals surface area contributed by atoms with Crippen molar-refractivity contribution < 1.29 is 4.74 Å². The van der Waals surface area contributed by atoms with Crippen LogP contribution in [-0.4, -0.2) is 48.2 Å². The van der Waals surface area contributed by atoms with E-state index >= 15 is 0 Å². The number of hydrogen-bond donors (Lipinski definition) is 1. The Kier molecular flexibility index (Phi) is 2.74. The zero-order chi connectivity index (χ0) is 17.1. The standard InChI is InChI=1S/C18H17N7O/c1-3-25-15(14(1)12-7-21-17-19-2-4-24(17)9-12)8-20-16(23-25)22-13-5-18(6-13)10-26-11-18/h1-4,7-9,13H,5-6,10-11H2,(H,22,23). The highest BCUT2D eigenvalue weighted by atomic mass is 16.5. The van der Waals surface area contributed by atoms with Gasteiger partial charge in [0.25, 0.3) is 0 Å². The fourth-order valence-electron chi connectivity index (χ4n) is 4.06. The van der Waals surface area contributed by atoms with Crippen molar-refractivity contribution in [1.29, 1.82) is 0 Å². The second-order valence-corrected chi connectivity index (χ2v) is 7.36. The van der Waals surface area contributed by atoms with Crippen LogP contribution in [0.5, 0.6) is 0 Å². The number of fused-ring (bicyclic) bond motifs is 2. The van der Waals surface area contributed by atoms with Gasteiger partial charge in [0.2, 0.25) is 11.7 Å². The maximum absolute atomic E-state index is 5.33. The van der Waals surface area contributed by atoms with Crippen LogP contribution in [0.4, 0.5) is 5.95 Å². The molecule has 6 rings (SSSR count). The van der Waals surface area contributed by atoms with Crippen molar-refractivity contribution in [2.75, 3.05) is 18.5 Å². The molecule has 1 spiro atoms. The average Bonchev–Trinajstić information content (AvgIpc) is 3.21. The van der Waals surface area contributed by atoms with Crippen LogP contribution in [-0.2, 0) is 4.74 Å². The Bertz CT molecular complexity index is 1120. The summed E-state index contributed by atoms with van der Waals surface area (Å²) in [6, 6.07) is 2.48. The maximum Gasteiger partial charge on any atom is 0.241 e. The minimum absolute atomic E-state index is 0.432. The summed E-state index contributed by atoms with van der Waals surface area (Å²) >= 11 is 0. The Balaban J connectivity index is 1.29. The van der Waals surface area contributed by atoms with Crippen molar-refractivity contribution in [3.05, 3.63) is 43.2 Å². The molecular weight excluding hydrogens is 330 g/mol. The number of nitrogens with one attached hydrogen (secondary N) is 1. The summed E-state index contributed by atoms with van der Waals surface area (Å²) in [4.78, 5) is 13.1. The van der Waals surface area contributed by atoms with E-state index in [2.05, 4.69) is 25.4 Å². The fourth-order valence-corrected chi connectivity index (χ4v) is 4.06. The molecule has 1 saturated carbocycles. The number of aromatic nitrogens is 6. The van der Waals surface area contributed by atoms with Gasteiger partial charge in [-0.3, -0.25) is 4.40 Å². The molecule has 0 atom stereocenters. The SMILES string of the molecule is c1cn2cc(-c3ccn4nc(NC5CC6(COC6)C5)ncc34)cnc2n1. The van der Waals surface area contributed by atoms with Crippen LogP contribution in [0.1, 0.15) is 12.8 Å². The highest BCUT2D eigenvalue weighted by molar-refractivity contribution is 5.79. The molecule has 130 valence electrons. The molecular formula is C18H17N7O. The lowest BCUT2D eigenvalue weighted by Gasteiger charge is -2.53. The Labute approximate surface area is 148 Å². The first-order valence-corrected chi connectivity index (χ1v) is 8.76. The molecule has 1 N–H and O–H groups in total. The van der Waals surface area contributed by atoms with E-state index in [0.29, 0.717) is 23.2 Å². The summed E-state index contributed by atoms with van der Waals surface area (Å²) in [5, 5.41) is 8.05. The van der Waals surface area contributed by atoms with Crippen LogP contribution in [0, 0.1) is 5.41 Å². The minimum Gasteiger partial charge on any atom is -0.380 e. The van der Waals surface area contributed by atoms with Crippen molar-refractivity contribution in [1.82, 2.24) is 29.0 Å². The van der Waals surface area contributed by atoms with E-state index in [1.807, 2.05) is 46.0 Å². The maximum atomic E-state index is 5.33. The fraction of sp³-hybridized carbons (Fsp3) is 0.333. The smallest absolute Gasteiger partial charge is 0.241 e. The molecule has 0 bridgehead atoms. The van der Waals surface area contributed by atoms with Gasteiger partial charge in [-0.05, 0) is 18.9 Å². The lowest BCUT2D eigenvalue weighted by atomic mass is 9.64. The number of rotatable bonds is 3. The van der Waals surface area contributed by atoms with Gasteiger partial charge in [0.05, 0.1) is 24.9 Å². The van der Waals surface area contributed by atoms with E-state index < -0.39 is 0 Å². The molecule has 4 aromatic rings. The zero-order valence-electron chi connectivity index (χ0n) is 14.0. The third-order valence-corrected chi connectivity index (χ3v) is 5.48. The van der Waals surface area contributed by atoms with E-state index in [-0.39, 0.29) is 0 Å². The first-order chi connectivity index (χ1) is 12.8. The average molecular weight is 347 g/mol. The Hall–Kier alpha value is -3.00. The van der Waals surface area contributed by atoms with Gasteiger partial charge in [0.1, 0.15) is 0 Å². The van der Waals surface area contributed by atoms with Crippen LogP contribution in [0.25, 0.3) is 22.4 Å². The number of ether oxygens (including phenoxy) is 1. The molecule has 0 unspecified atom stereocenters. The molecule has 2 fully saturated rings. The van der Waals surface area contributed by atoms with E-state index in [0.717, 1.165) is 42.7 Å². The molecule has 0 radical (unpaired) electrons. The molecule has 5 heterocycles. The van der Waals surface area contributed by atoms with Crippen LogP contribution in [0.3, 0.4) is 0 Å². The highest BCUT2D eigenvalue weighted by Gasteiger charge is 2.49. The van der Waals surface area contributed by atoms with Gasteiger partial charge < -0.3 is 10.1 Å². The van der Waals surface area contributed by atoms with Crippen LogP contribution >= 0.6 is 0 Å². The molecule has 0 amide bonds. The van der Waals surface area contributed by atoms with Crippen molar-refractivity contribution in [2.24, 2.45) is 5.41 Å². The molecule has 1 saturated heterocycles. The summed E-state index contributed by atoms with van der Waals surface area (Å²) < 4.78 is 9.10. The Morgan fingerprint density at radius 1 is 1.12 bits per heavy atom. The molecule has 26 heavy (non-hydrogen) atoms. The first kappa shape index (κ1) is 14.2. The number of hydrogen-bond acceptors (Lipinski definition) is 6. The zero-order valence-corrected chi connectivity index (χ0v) is 14.0. The molecule has 8 nitrogen and oxygen atoms in total. The molecule has 4 aromatic heterocycles. The predicted octanol–water partition coefficient (Wildman–Crippen LogP) is 2.03. The molecule has 1 aliphatic carbocycles. The van der Waals surface area contributed by atoms with Gasteiger partial charge in [-0.1, -0.05) is 0 Å². The summed E-state index contributed by atoms with van der Waals surface area (Å²) in [6.45, 7) is 1.81. The largest absolute Gasteiger partial charge is 0.380 e. The number of anilines is 1. The summed E-state index contributed by atoms with van der Waals surface area (Å²) in [7, 11) is 0. The topological polar surface area (TPSA) is 81.6 Å². The third kappa shape index (κ3) is 2.05. The summed E-state index contributed by atoms with van der Waals surface area (Å²) in [6.07, 6.45) is 13.6. The van der Waals surface area contributed by atoms with Gasteiger partial charge in [-0.15, -0.1) is 5.10 Å². The summed E-state index contributed by atoms with van der Waals surface area (Å²) in [5.74, 6) is 1.36. The van der Waals surface area contributed by atoms with Gasteiger partial charge in [0, 0.05) is 53.6 Å².